The van der Waals surface area contributed by atoms with E-state index in [1.165, 1.54) is 0 Å². The van der Waals surface area contributed by atoms with Crippen LogP contribution >= 0.6 is 31.9 Å². The lowest BCUT2D eigenvalue weighted by Gasteiger charge is -2.15. The predicted molar refractivity (Wildman–Crippen MR) is 70.3 cm³/mol. The van der Waals surface area contributed by atoms with Crippen molar-refractivity contribution in [2.75, 3.05) is 11.4 Å². The zero-order valence-corrected chi connectivity index (χ0v) is 11.7. The maximum atomic E-state index is 11.8. The van der Waals surface area contributed by atoms with E-state index < -0.39 is 0 Å². The molecule has 1 atom stereocenters. The molecule has 16 heavy (non-hydrogen) atoms. The van der Waals surface area contributed by atoms with Gasteiger partial charge in [0.15, 0.2) is 0 Å². The molecule has 3 nitrogen and oxygen atoms in total. The van der Waals surface area contributed by atoms with Crippen LogP contribution in [-0.4, -0.2) is 17.4 Å². The number of pyridine rings is 1. The molecule has 0 spiro atoms. The van der Waals surface area contributed by atoms with Crippen molar-refractivity contribution in [2.24, 2.45) is 5.92 Å². The summed E-state index contributed by atoms with van der Waals surface area (Å²) < 4.78 is 1.59. The van der Waals surface area contributed by atoms with Crippen LogP contribution < -0.4 is 4.90 Å². The Morgan fingerprint density at radius 1 is 1.50 bits per heavy atom. The van der Waals surface area contributed by atoms with Crippen molar-refractivity contribution in [2.45, 2.75) is 6.42 Å². The molecule has 2 heterocycles. The van der Waals surface area contributed by atoms with Crippen molar-refractivity contribution in [1.82, 2.24) is 4.98 Å². The van der Waals surface area contributed by atoms with E-state index >= 15 is 0 Å². The Balaban J connectivity index is 2.27. The standard InChI is InChI=1S/C11H10Br2N2O/c1-2-7-5-10(16)15(6-7)9-4-3-8(12)11(13)14-9/h2-4,7H,1,5-6H2. The number of rotatable bonds is 2. The van der Waals surface area contributed by atoms with Crippen molar-refractivity contribution in [3.05, 3.63) is 33.9 Å². The van der Waals surface area contributed by atoms with Crippen molar-refractivity contribution >= 4 is 43.6 Å². The quantitative estimate of drug-likeness (QED) is 0.609. The summed E-state index contributed by atoms with van der Waals surface area (Å²) in [5, 5.41) is 0. The van der Waals surface area contributed by atoms with Crippen LogP contribution in [0.5, 0.6) is 0 Å². The summed E-state index contributed by atoms with van der Waals surface area (Å²) in [5.74, 6) is 1.02. The van der Waals surface area contributed by atoms with Gasteiger partial charge >= 0.3 is 0 Å². The zero-order valence-electron chi connectivity index (χ0n) is 8.49. The van der Waals surface area contributed by atoms with Gasteiger partial charge in [0, 0.05) is 18.9 Å². The summed E-state index contributed by atoms with van der Waals surface area (Å²) in [4.78, 5) is 17.8. The third-order valence-electron chi connectivity index (χ3n) is 2.55. The molecular weight excluding hydrogens is 336 g/mol. The van der Waals surface area contributed by atoms with Gasteiger partial charge in [0.25, 0.3) is 0 Å². The van der Waals surface area contributed by atoms with Gasteiger partial charge in [0.1, 0.15) is 10.4 Å². The molecule has 84 valence electrons. The molecule has 0 aromatic carbocycles. The number of carbonyl (C=O) groups excluding carboxylic acids is 1. The minimum absolute atomic E-state index is 0.103. The smallest absolute Gasteiger partial charge is 0.228 e. The first kappa shape index (κ1) is 11.8. The van der Waals surface area contributed by atoms with Gasteiger partial charge in [-0.3, -0.25) is 9.69 Å². The van der Waals surface area contributed by atoms with Crippen molar-refractivity contribution in [3.63, 3.8) is 0 Å². The van der Waals surface area contributed by atoms with E-state index in [1.807, 2.05) is 18.2 Å². The molecule has 1 aliphatic heterocycles. The second kappa shape index (κ2) is 4.67. The highest BCUT2D eigenvalue weighted by Gasteiger charge is 2.29. The van der Waals surface area contributed by atoms with Crippen LogP contribution in [0.15, 0.2) is 33.9 Å². The lowest BCUT2D eigenvalue weighted by molar-refractivity contribution is -0.117. The van der Waals surface area contributed by atoms with Gasteiger partial charge in [0.2, 0.25) is 5.91 Å². The first-order valence-corrected chi connectivity index (χ1v) is 6.45. The van der Waals surface area contributed by atoms with Crippen LogP contribution in [0.3, 0.4) is 0 Å². The second-order valence-corrected chi connectivity index (χ2v) is 5.25. The summed E-state index contributed by atoms with van der Waals surface area (Å²) in [6.45, 7) is 4.39. The van der Waals surface area contributed by atoms with Crippen LogP contribution in [0.2, 0.25) is 0 Å². The summed E-state index contributed by atoms with van der Waals surface area (Å²) in [7, 11) is 0. The maximum Gasteiger partial charge on any atom is 0.228 e. The van der Waals surface area contributed by atoms with Gasteiger partial charge in [0.05, 0.1) is 4.47 Å². The normalized spacial score (nSPS) is 20.2. The molecule has 0 N–H and O–H groups in total. The molecule has 5 heteroatoms. The molecular formula is C11H10Br2N2O. The number of halogens is 2. The number of nitrogens with zero attached hydrogens (tertiary/aromatic N) is 2. The Labute approximate surface area is 111 Å². The molecule has 0 bridgehead atoms. The van der Waals surface area contributed by atoms with Gasteiger partial charge in [-0.25, -0.2) is 4.98 Å². The highest BCUT2D eigenvalue weighted by molar-refractivity contribution is 9.13. The van der Waals surface area contributed by atoms with E-state index in [9.17, 15) is 4.79 Å². The summed E-state index contributed by atoms with van der Waals surface area (Å²) in [5.41, 5.74) is 0. The molecule has 1 amide bonds. The number of amides is 1. The zero-order chi connectivity index (χ0) is 11.7. The number of carbonyl (C=O) groups is 1. The predicted octanol–water partition coefficient (Wildman–Crippen LogP) is 3.15. The second-order valence-electron chi connectivity index (χ2n) is 3.65. The monoisotopic (exact) mass is 344 g/mol. The fourth-order valence-electron chi connectivity index (χ4n) is 1.67. The number of hydrogen-bond donors (Lipinski definition) is 0. The van der Waals surface area contributed by atoms with Crippen LogP contribution in [0.4, 0.5) is 5.82 Å². The van der Waals surface area contributed by atoms with E-state index in [1.54, 1.807) is 4.90 Å². The van der Waals surface area contributed by atoms with E-state index in [0.717, 1.165) is 4.47 Å². The molecule has 0 radical (unpaired) electrons. The molecule has 0 aliphatic carbocycles. The van der Waals surface area contributed by atoms with E-state index in [2.05, 4.69) is 43.4 Å². The maximum absolute atomic E-state index is 11.8. The van der Waals surface area contributed by atoms with Gasteiger partial charge < -0.3 is 0 Å². The van der Waals surface area contributed by atoms with E-state index in [4.69, 9.17) is 0 Å². The van der Waals surface area contributed by atoms with Gasteiger partial charge in [-0.1, -0.05) is 6.08 Å². The number of anilines is 1. The largest absolute Gasteiger partial charge is 0.296 e. The molecule has 1 aromatic heterocycles. The molecule has 1 aliphatic rings. The Hall–Kier alpha value is -0.680. The SMILES string of the molecule is C=CC1CC(=O)N(c2ccc(Br)c(Br)n2)C1. The first-order valence-electron chi connectivity index (χ1n) is 4.87. The van der Waals surface area contributed by atoms with Gasteiger partial charge in [-0.15, -0.1) is 6.58 Å². The Morgan fingerprint density at radius 2 is 2.25 bits per heavy atom. The third kappa shape index (κ3) is 2.20. The lowest BCUT2D eigenvalue weighted by Crippen LogP contribution is -2.25. The molecule has 1 fully saturated rings. The average Bonchev–Trinajstić information content (AvgIpc) is 2.64. The van der Waals surface area contributed by atoms with Crippen molar-refractivity contribution in [3.8, 4) is 0 Å². The molecule has 1 aromatic rings. The number of hydrogen-bond acceptors (Lipinski definition) is 2. The summed E-state index contributed by atoms with van der Waals surface area (Å²) >= 11 is 6.68. The third-order valence-corrected chi connectivity index (χ3v) is 4.33. The van der Waals surface area contributed by atoms with Crippen LogP contribution in [0.1, 0.15) is 6.42 Å². The van der Waals surface area contributed by atoms with Crippen LogP contribution in [0.25, 0.3) is 0 Å². The lowest BCUT2D eigenvalue weighted by atomic mass is 10.1. The highest BCUT2D eigenvalue weighted by Crippen LogP contribution is 2.28. The molecule has 0 saturated carbocycles. The van der Waals surface area contributed by atoms with E-state index in [0.29, 0.717) is 23.4 Å². The topological polar surface area (TPSA) is 33.2 Å². The Kier molecular flexibility index (Phi) is 3.44. The van der Waals surface area contributed by atoms with Gasteiger partial charge in [-0.2, -0.15) is 0 Å². The fourth-order valence-corrected chi connectivity index (χ4v) is 2.21. The summed E-state index contributed by atoms with van der Waals surface area (Å²) in [6, 6.07) is 3.71. The Morgan fingerprint density at radius 3 is 2.81 bits per heavy atom. The minimum atomic E-state index is 0.103. The minimum Gasteiger partial charge on any atom is -0.296 e. The average molecular weight is 346 g/mol. The highest BCUT2D eigenvalue weighted by atomic mass is 79.9. The summed E-state index contributed by atoms with van der Waals surface area (Å²) in [6.07, 6.45) is 2.35. The van der Waals surface area contributed by atoms with Crippen molar-refractivity contribution in [1.29, 1.82) is 0 Å². The molecule has 1 saturated heterocycles. The molecule has 1 unspecified atom stereocenters. The first-order chi connectivity index (χ1) is 7.61. The Bertz CT molecular complexity index is 448. The van der Waals surface area contributed by atoms with Crippen molar-refractivity contribution < 1.29 is 4.79 Å². The van der Waals surface area contributed by atoms with Crippen LogP contribution in [-0.2, 0) is 4.79 Å². The molecule has 2 rings (SSSR count). The van der Waals surface area contributed by atoms with Crippen LogP contribution in [0, 0.1) is 5.92 Å². The van der Waals surface area contributed by atoms with Gasteiger partial charge in [-0.05, 0) is 44.0 Å². The fraction of sp³-hybridized carbons (Fsp3) is 0.273. The number of aromatic nitrogens is 1. The van der Waals surface area contributed by atoms with E-state index in [-0.39, 0.29) is 11.8 Å².